The normalized spacial score (nSPS) is 15.7. The lowest BCUT2D eigenvalue weighted by molar-refractivity contribution is -0.137. The third-order valence-corrected chi connectivity index (χ3v) is 5.97. The molecule has 1 aliphatic rings. The van der Waals surface area contributed by atoms with Crippen LogP contribution in [0.2, 0.25) is 0 Å². The minimum absolute atomic E-state index is 0.118. The molecule has 0 radical (unpaired) electrons. The van der Waals surface area contributed by atoms with Crippen LogP contribution in [0.3, 0.4) is 0 Å². The molecule has 1 aromatic heterocycles. The first kappa shape index (κ1) is 23.1. The van der Waals surface area contributed by atoms with E-state index >= 15 is 0 Å². The highest BCUT2D eigenvalue weighted by Gasteiger charge is 2.30. The lowest BCUT2D eigenvalue weighted by Crippen LogP contribution is -2.44. The number of likely N-dealkylation sites (tertiary alicyclic amines) is 1. The molecule has 0 atom stereocenters. The average Bonchev–Trinajstić information content (AvgIpc) is 2.75. The zero-order valence-corrected chi connectivity index (χ0v) is 18.3. The summed E-state index contributed by atoms with van der Waals surface area (Å²) in [5, 5.41) is 2.95. The average molecular weight is 460 g/mol. The van der Waals surface area contributed by atoms with Crippen molar-refractivity contribution in [1.29, 1.82) is 0 Å². The van der Waals surface area contributed by atoms with Gasteiger partial charge in [0.1, 0.15) is 11.3 Å². The number of hydrogen-bond acceptors (Lipinski definition) is 4. The number of nitrogens with one attached hydrogen (secondary N) is 1. The van der Waals surface area contributed by atoms with Crippen LogP contribution >= 0.6 is 0 Å². The summed E-state index contributed by atoms with van der Waals surface area (Å²) in [6.45, 7) is 5.23. The standard InChI is InChI=1S/C24H24F4N4O/c1-14-15(2)30-22-20(11-18(25)12-21(22)29-14)23(33)31-19-6-8-32(9-7-19)13-16-4-3-5-17(10-16)24(26,27)28/h3-5,10-12,19H,6-9,13H2,1-2H3,(H,31,33). The second-order valence-electron chi connectivity index (χ2n) is 8.44. The molecule has 9 heteroatoms. The van der Waals surface area contributed by atoms with Gasteiger partial charge in [-0.2, -0.15) is 13.2 Å². The summed E-state index contributed by atoms with van der Waals surface area (Å²) < 4.78 is 52.9. The Morgan fingerprint density at radius 2 is 1.79 bits per heavy atom. The van der Waals surface area contributed by atoms with Gasteiger partial charge in [0, 0.05) is 31.7 Å². The highest BCUT2D eigenvalue weighted by molar-refractivity contribution is 6.04. The summed E-state index contributed by atoms with van der Waals surface area (Å²) in [5.41, 5.74) is 2.13. The number of rotatable bonds is 4. The summed E-state index contributed by atoms with van der Waals surface area (Å²) >= 11 is 0. The Morgan fingerprint density at radius 1 is 1.09 bits per heavy atom. The molecule has 174 valence electrons. The summed E-state index contributed by atoms with van der Waals surface area (Å²) in [6, 6.07) is 7.65. The number of hydrogen-bond donors (Lipinski definition) is 1. The summed E-state index contributed by atoms with van der Waals surface area (Å²) in [7, 11) is 0. The zero-order valence-electron chi connectivity index (χ0n) is 18.3. The molecule has 1 fully saturated rings. The van der Waals surface area contributed by atoms with Crippen molar-refractivity contribution < 1.29 is 22.4 Å². The van der Waals surface area contributed by atoms with Gasteiger partial charge in [-0.25, -0.2) is 14.4 Å². The fourth-order valence-electron chi connectivity index (χ4n) is 4.07. The molecule has 1 amide bonds. The maximum atomic E-state index is 14.1. The van der Waals surface area contributed by atoms with Crippen molar-refractivity contribution in [2.45, 2.75) is 45.5 Å². The van der Waals surface area contributed by atoms with E-state index < -0.39 is 23.5 Å². The van der Waals surface area contributed by atoms with Gasteiger partial charge in [-0.15, -0.1) is 0 Å². The number of fused-ring (bicyclic) bond motifs is 1. The number of carbonyl (C=O) groups excluding carboxylic acids is 1. The maximum absolute atomic E-state index is 14.1. The van der Waals surface area contributed by atoms with Crippen LogP contribution in [0.4, 0.5) is 17.6 Å². The predicted molar refractivity (Wildman–Crippen MR) is 116 cm³/mol. The lowest BCUT2D eigenvalue weighted by Gasteiger charge is -2.32. The monoisotopic (exact) mass is 460 g/mol. The van der Waals surface area contributed by atoms with Crippen molar-refractivity contribution in [2.24, 2.45) is 0 Å². The largest absolute Gasteiger partial charge is 0.416 e. The topological polar surface area (TPSA) is 58.1 Å². The lowest BCUT2D eigenvalue weighted by atomic mass is 10.0. The van der Waals surface area contributed by atoms with Gasteiger partial charge >= 0.3 is 6.18 Å². The summed E-state index contributed by atoms with van der Waals surface area (Å²) in [5.74, 6) is -0.963. The van der Waals surface area contributed by atoms with Crippen molar-refractivity contribution >= 4 is 16.9 Å². The minimum Gasteiger partial charge on any atom is -0.349 e. The molecule has 3 aromatic rings. The number of amides is 1. The van der Waals surface area contributed by atoms with E-state index in [1.54, 1.807) is 19.9 Å². The van der Waals surface area contributed by atoms with E-state index in [4.69, 9.17) is 0 Å². The van der Waals surface area contributed by atoms with E-state index in [2.05, 4.69) is 20.2 Å². The van der Waals surface area contributed by atoms with Crippen molar-refractivity contribution in [1.82, 2.24) is 20.2 Å². The molecule has 0 aliphatic carbocycles. The molecule has 1 saturated heterocycles. The molecule has 1 N–H and O–H groups in total. The van der Waals surface area contributed by atoms with Crippen molar-refractivity contribution in [3.63, 3.8) is 0 Å². The fourth-order valence-corrected chi connectivity index (χ4v) is 4.07. The molecule has 0 unspecified atom stereocenters. The van der Waals surface area contributed by atoms with E-state index in [9.17, 15) is 22.4 Å². The Kier molecular flexibility index (Phi) is 6.34. The highest BCUT2D eigenvalue weighted by Crippen LogP contribution is 2.30. The van der Waals surface area contributed by atoms with E-state index in [1.165, 1.54) is 24.3 Å². The van der Waals surface area contributed by atoms with E-state index in [0.717, 1.165) is 6.07 Å². The van der Waals surface area contributed by atoms with Gasteiger partial charge in [-0.3, -0.25) is 9.69 Å². The number of carbonyl (C=O) groups is 1. The van der Waals surface area contributed by atoms with E-state index in [1.807, 2.05) is 0 Å². The number of nitrogens with zero attached hydrogens (tertiary/aromatic N) is 3. The van der Waals surface area contributed by atoms with Crippen molar-refractivity contribution in [3.8, 4) is 0 Å². The van der Waals surface area contributed by atoms with Crippen molar-refractivity contribution in [3.05, 3.63) is 70.3 Å². The van der Waals surface area contributed by atoms with Crippen LogP contribution in [0.5, 0.6) is 0 Å². The van der Waals surface area contributed by atoms with Crippen LogP contribution in [-0.2, 0) is 12.7 Å². The quantitative estimate of drug-likeness (QED) is 0.569. The van der Waals surface area contributed by atoms with Gasteiger partial charge in [-0.1, -0.05) is 18.2 Å². The Balaban J connectivity index is 1.40. The van der Waals surface area contributed by atoms with Crippen LogP contribution in [0.25, 0.3) is 11.0 Å². The molecule has 5 nitrogen and oxygen atoms in total. The third kappa shape index (κ3) is 5.30. The van der Waals surface area contributed by atoms with Gasteiger partial charge in [-0.05, 0) is 44.4 Å². The molecule has 2 aromatic carbocycles. The first-order valence-corrected chi connectivity index (χ1v) is 10.7. The zero-order chi connectivity index (χ0) is 23.8. The molecule has 0 spiro atoms. The molecule has 33 heavy (non-hydrogen) atoms. The molecule has 2 heterocycles. The predicted octanol–water partition coefficient (Wildman–Crippen LogP) is 4.80. The highest BCUT2D eigenvalue weighted by atomic mass is 19.4. The Bertz CT molecular complexity index is 1190. The van der Waals surface area contributed by atoms with Crippen LogP contribution in [0.15, 0.2) is 36.4 Å². The smallest absolute Gasteiger partial charge is 0.349 e. The minimum atomic E-state index is -4.37. The second-order valence-corrected chi connectivity index (χ2v) is 8.44. The molecular formula is C24H24F4N4O. The number of piperidine rings is 1. The van der Waals surface area contributed by atoms with Crippen LogP contribution in [0, 0.1) is 19.7 Å². The van der Waals surface area contributed by atoms with Gasteiger partial charge < -0.3 is 5.32 Å². The molecule has 0 bridgehead atoms. The first-order valence-electron chi connectivity index (χ1n) is 10.7. The third-order valence-electron chi connectivity index (χ3n) is 5.97. The molecule has 1 aliphatic heterocycles. The van der Waals surface area contributed by atoms with E-state index in [0.29, 0.717) is 60.5 Å². The van der Waals surface area contributed by atoms with Crippen LogP contribution in [0.1, 0.15) is 45.7 Å². The summed E-state index contributed by atoms with van der Waals surface area (Å²) in [4.78, 5) is 23.7. The Morgan fingerprint density at radius 3 is 2.48 bits per heavy atom. The fraction of sp³-hybridized carbons (Fsp3) is 0.375. The second kappa shape index (κ2) is 9.05. The molecule has 0 saturated carbocycles. The Labute approximate surface area is 188 Å². The van der Waals surface area contributed by atoms with Gasteiger partial charge in [0.25, 0.3) is 5.91 Å². The Hall–Kier alpha value is -3.07. The number of halogens is 4. The van der Waals surface area contributed by atoms with Crippen LogP contribution in [-0.4, -0.2) is 39.9 Å². The molecular weight excluding hydrogens is 436 g/mol. The van der Waals surface area contributed by atoms with E-state index in [-0.39, 0.29) is 11.6 Å². The summed E-state index contributed by atoms with van der Waals surface area (Å²) in [6.07, 6.45) is -3.08. The number of alkyl halides is 3. The maximum Gasteiger partial charge on any atom is 0.416 e. The van der Waals surface area contributed by atoms with Gasteiger partial charge in [0.2, 0.25) is 0 Å². The van der Waals surface area contributed by atoms with Crippen molar-refractivity contribution in [2.75, 3.05) is 13.1 Å². The van der Waals surface area contributed by atoms with Gasteiger partial charge in [0.05, 0.1) is 28.0 Å². The number of aromatic nitrogens is 2. The SMILES string of the molecule is Cc1nc2cc(F)cc(C(=O)NC3CCN(Cc4cccc(C(F)(F)F)c4)CC3)c2nc1C. The van der Waals surface area contributed by atoms with Crippen LogP contribution < -0.4 is 5.32 Å². The number of benzene rings is 2. The molecule has 4 rings (SSSR count). The number of aryl methyl sites for hydroxylation is 2. The van der Waals surface area contributed by atoms with Gasteiger partial charge in [0.15, 0.2) is 0 Å². The first-order chi connectivity index (χ1) is 15.6.